The molecule has 146 valence electrons. The smallest absolute Gasteiger partial charge is 0.314 e. The summed E-state index contributed by atoms with van der Waals surface area (Å²) in [6, 6.07) is 9.81. The zero-order chi connectivity index (χ0) is 18.7. The van der Waals surface area contributed by atoms with Gasteiger partial charge in [-0.15, -0.1) is 0 Å². The normalized spacial score (nSPS) is 16.4. The molecule has 0 saturated carbocycles. The number of nitrogens with one attached hydrogen (secondary N) is 2. The van der Waals surface area contributed by atoms with Crippen molar-refractivity contribution >= 4 is 6.03 Å². The van der Waals surface area contributed by atoms with Crippen molar-refractivity contribution in [2.75, 3.05) is 32.9 Å². The van der Waals surface area contributed by atoms with E-state index in [0.29, 0.717) is 26.3 Å². The summed E-state index contributed by atoms with van der Waals surface area (Å²) < 4.78 is 12.9. The van der Waals surface area contributed by atoms with Crippen LogP contribution in [0.2, 0.25) is 0 Å². The first kappa shape index (κ1) is 19.4. The lowest BCUT2D eigenvalue weighted by atomic mass is 10.2. The molecular formula is C20H28N4O3. The molecule has 7 heteroatoms. The summed E-state index contributed by atoms with van der Waals surface area (Å²) >= 11 is 0. The van der Waals surface area contributed by atoms with Gasteiger partial charge >= 0.3 is 6.03 Å². The molecule has 1 aromatic carbocycles. The van der Waals surface area contributed by atoms with E-state index in [4.69, 9.17) is 9.47 Å². The third kappa shape index (κ3) is 6.69. The number of carbonyl (C=O) groups excluding carboxylic acids is 1. The quantitative estimate of drug-likeness (QED) is 0.628. The number of carbonyl (C=O) groups is 1. The van der Waals surface area contributed by atoms with E-state index in [9.17, 15) is 4.79 Å². The first-order valence-corrected chi connectivity index (χ1v) is 9.61. The van der Waals surface area contributed by atoms with Gasteiger partial charge in [-0.3, -0.25) is 0 Å². The third-order valence-corrected chi connectivity index (χ3v) is 4.43. The maximum atomic E-state index is 11.8. The number of hydrogen-bond acceptors (Lipinski definition) is 4. The van der Waals surface area contributed by atoms with Crippen molar-refractivity contribution in [2.24, 2.45) is 0 Å². The molecule has 2 N–H and O–H groups in total. The number of amides is 2. The van der Waals surface area contributed by atoms with Crippen LogP contribution in [0.1, 0.15) is 24.8 Å². The molecule has 0 bridgehead atoms. The fourth-order valence-corrected chi connectivity index (χ4v) is 2.96. The van der Waals surface area contributed by atoms with E-state index in [1.807, 2.05) is 47.4 Å². The highest BCUT2D eigenvalue weighted by molar-refractivity contribution is 5.73. The molecule has 1 unspecified atom stereocenters. The van der Waals surface area contributed by atoms with Gasteiger partial charge in [0, 0.05) is 32.5 Å². The molecule has 1 aromatic heterocycles. The van der Waals surface area contributed by atoms with Gasteiger partial charge in [-0.2, -0.15) is 5.10 Å². The zero-order valence-corrected chi connectivity index (χ0v) is 15.6. The molecule has 1 aliphatic heterocycles. The molecule has 3 rings (SSSR count). The van der Waals surface area contributed by atoms with Crippen molar-refractivity contribution in [3.63, 3.8) is 0 Å². The summed E-state index contributed by atoms with van der Waals surface area (Å²) in [6.45, 7) is 3.32. The van der Waals surface area contributed by atoms with Gasteiger partial charge in [0.25, 0.3) is 0 Å². The number of nitrogens with zero attached hydrogens (tertiary/aromatic N) is 2. The van der Waals surface area contributed by atoms with Crippen molar-refractivity contribution in [3.8, 4) is 5.69 Å². The van der Waals surface area contributed by atoms with Crippen LogP contribution in [0, 0.1) is 0 Å². The molecule has 1 fully saturated rings. The number of urea groups is 1. The average Bonchev–Trinajstić information content (AvgIpc) is 3.37. The molecule has 2 aromatic rings. The predicted molar refractivity (Wildman–Crippen MR) is 103 cm³/mol. The van der Waals surface area contributed by atoms with Gasteiger partial charge in [-0.1, -0.05) is 18.2 Å². The summed E-state index contributed by atoms with van der Waals surface area (Å²) in [4.78, 5) is 11.8. The van der Waals surface area contributed by atoms with E-state index in [1.54, 1.807) is 0 Å². The first-order chi connectivity index (χ1) is 13.3. The molecule has 0 spiro atoms. The van der Waals surface area contributed by atoms with Crippen LogP contribution in [0.4, 0.5) is 4.79 Å². The number of benzene rings is 1. The van der Waals surface area contributed by atoms with Gasteiger partial charge in [0.05, 0.1) is 24.6 Å². The minimum Gasteiger partial charge on any atom is -0.379 e. The van der Waals surface area contributed by atoms with Crippen LogP contribution in [-0.4, -0.2) is 54.8 Å². The van der Waals surface area contributed by atoms with Crippen molar-refractivity contribution in [2.45, 2.75) is 31.8 Å². The SMILES string of the molecule is O=C(NCCCOCC1CCCO1)NCCc1cnn(-c2ccccc2)c1. The molecule has 2 heterocycles. The highest BCUT2D eigenvalue weighted by Crippen LogP contribution is 2.11. The van der Waals surface area contributed by atoms with Crippen LogP contribution >= 0.6 is 0 Å². The Hall–Kier alpha value is -2.38. The standard InChI is InChI=1S/C20H28N4O3/c25-20(21-10-5-12-26-16-19-8-4-13-27-19)22-11-9-17-14-23-24(15-17)18-6-2-1-3-7-18/h1-3,6-7,14-15,19H,4-5,8-13,16H2,(H2,21,22,25). The minimum atomic E-state index is -0.149. The number of hydrogen-bond donors (Lipinski definition) is 2. The number of para-hydroxylation sites is 1. The van der Waals surface area contributed by atoms with Gasteiger partial charge in [-0.25, -0.2) is 9.48 Å². The number of rotatable bonds is 10. The largest absolute Gasteiger partial charge is 0.379 e. The second kappa shape index (κ2) is 10.7. The molecular weight excluding hydrogens is 344 g/mol. The fourth-order valence-electron chi connectivity index (χ4n) is 2.96. The van der Waals surface area contributed by atoms with E-state index in [0.717, 1.165) is 43.5 Å². The Balaban J connectivity index is 1.23. The lowest BCUT2D eigenvalue weighted by Crippen LogP contribution is -2.37. The van der Waals surface area contributed by atoms with E-state index in [1.165, 1.54) is 0 Å². The van der Waals surface area contributed by atoms with Crippen LogP contribution in [-0.2, 0) is 15.9 Å². The van der Waals surface area contributed by atoms with Crippen molar-refractivity contribution < 1.29 is 14.3 Å². The molecule has 1 aliphatic rings. The second-order valence-electron chi connectivity index (χ2n) is 6.62. The Morgan fingerprint density at radius 2 is 2.11 bits per heavy atom. The van der Waals surface area contributed by atoms with E-state index in [-0.39, 0.29) is 12.1 Å². The minimum absolute atomic E-state index is 0.149. The molecule has 1 saturated heterocycles. The number of ether oxygens (including phenoxy) is 2. The zero-order valence-electron chi connectivity index (χ0n) is 15.6. The Morgan fingerprint density at radius 3 is 2.93 bits per heavy atom. The van der Waals surface area contributed by atoms with E-state index in [2.05, 4.69) is 15.7 Å². The molecule has 0 aliphatic carbocycles. The maximum Gasteiger partial charge on any atom is 0.314 e. The summed E-state index contributed by atoms with van der Waals surface area (Å²) in [7, 11) is 0. The van der Waals surface area contributed by atoms with E-state index >= 15 is 0 Å². The van der Waals surface area contributed by atoms with Crippen molar-refractivity contribution in [3.05, 3.63) is 48.3 Å². The van der Waals surface area contributed by atoms with Crippen LogP contribution in [0.25, 0.3) is 5.69 Å². The summed E-state index contributed by atoms with van der Waals surface area (Å²) in [5.41, 5.74) is 2.11. The van der Waals surface area contributed by atoms with Crippen LogP contribution in [0.5, 0.6) is 0 Å². The third-order valence-electron chi connectivity index (χ3n) is 4.43. The van der Waals surface area contributed by atoms with Crippen LogP contribution in [0.3, 0.4) is 0 Å². The Morgan fingerprint density at radius 1 is 1.26 bits per heavy atom. The summed E-state index contributed by atoms with van der Waals surface area (Å²) in [6.07, 6.45) is 7.83. The summed E-state index contributed by atoms with van der Waals surface area (Å²) in [5, 5.41) is 10.1. The second-order valence-corrected chi connectivity index (χ2v) is 6.62. The van der Waals surface area contributed by atoms with Gasteiger partial charge in [0.2, 0.25) is 0 Å². The van der Waals surface area contributed by atoms with Gasteiger partial charge in [-0.05, 0) is 43.4 Å². The van der Waals surface area contributed by atoms with E-state index < -0.39 is 0 Å². The van der Waals surface area contributed by atoms with Gasteiger partial charge in [0.15, 0.2) is 0 Å². The van der Waals surface area contributed by atoms with Crippen molar-refractivity contribution in [1.29, 1.82) is 0 Å². The predicted octanol–water partition coefficient (Wildman–Crippen LogP) is 2.30. The van der Waals surface area contributed by atoms with Gasteiger partial charge < -0.3 is 20.1 Å². The lowest BCUT2D eigenvalue weighted by Gasteiger charge is -2.10. The molecule has 0 radical (unpaired) electrons. The Labute approximate surface area is 160 Å². The topological polar surface area (TPSA) is 77.4 Å². The molecule has 7 nitrogen and oxygen atoms in total. The van der Waals surface area contributed by atoms with Crippen molar-refractivity contribution in [1.82, 2.24) is 20.4 Å². The fraction of sp³-hybridized carbons (Fsp3) is 0.500. The van der Waals surface area contributed by atoms with Crippen LogP contribution < -0.4 is 10.6 Å². The molecule has 2 amide bonds. The highest BCUT2D eigenvalue weighted by atomic mass is 16.5. The Bertz CT molecular complexity index is 684. The average molecular weight is 372 g/mol. The molecule has 1 atom stereocenters. The first-order valence-electron chi connectivity index (χ1n) is 9.61. The van der Waals surface area contributed by atoms with Crippen LogP contribution in [0.15, 0.2) is 42.7 Å². The monoisotopic (exact) mass is 372 g/mol. The Kier molecular flexibility index (Phi) is 7.68. The highest BCUT2D eigenvalue weighted by Gasteiger charge is 2.14. The maximum absolute atomic E-state index is 11.8. The van der Waals surface area contributed by atoms with Gasteiger partial charge in [0.1, 0.15) is 0 Å². The lowest BCUT2D eigenvalue weighted by molar-refractivity contribution is 0.0168. The summed E-state index contributed by atoms with van der Waals surface area (Å²) in [5.74, 6) is 0. The molecule has 27 heavy (non-hydrogen) atoms. The number of aromatic nitrogens is 2.